The minimum Gasteiger partial charge on any atom is -0.387 e. The number of aliphatic hydroxyl groups is 1. The van der Waals surface area contributed by atoms with Crippen molar-refractivity contribution in [2.24, 2.45) is 0 Å². The summed E-state index contributed by atoms with van der Waals surface area (Å²) >= 11 is 0. The van der Waals surface area contributed by atoms with E-state index in [1.54, 1.807) is 6.92 Å². The van der Waals surface area contributed by atoms with Crippen LogP contribution in [0.15, 0.2) is 18.3 Å². The Labute approximate surface area is 89.9 Å². The average molecular weight is 207 g/mol. The minimum absolute atomic E-state index is 0.484. The van der Waals surface area contributed by atoms with Crippen molar-refractivity contribution in [3.8, 4) is 0 Å². The van der Waals surface area contributed by atoms with E-state index in [0.717, 1.165) is 37.6 Å². The Morgan fingerprint density at radius 2 is 2.13 bits per heavy atom. The molecule has 1 aliphatic heterocycles. The molecular weight excluding hydrogens is 190 g/mol. The van der Waals surface area contributed by atoms with Gasteiger partial charge in [-0.05, 0) is 19.1 Å². The van der Waals surface area contributed by atoms with Gasteiger partial charge in [0.2, 0.25) is 0 Å². The van der Waals surface area contributed by atoms with Crippen molar-refractivity contribution in [2.75, 3.05) is 31.1 Å². The maximum atomic E-state index is 9.34. The van der Waals surface area contributed by atoms with E-state index >= 15 is 0 Å². The minimum atomic E-state index is -0.484. The van der Waals surface area contributed by atoms with Crippen molar-refractivity contribution < 1.29 is 5.11 Å². The molecule has 2 heterocycles. The summed E-state index contributed by atoms with van der Waals surface area (Å²) in [6, 6.07) is 3.92. The van der Waals surface area contributed by atoms with Crippen LogP contribution in [-0.2, 0) is 0 Å². The van der Waals surface area contributed by atoms with E-state index in [0.29, 0.717) is 0 Å². The first-order valence-corrected chi connectivity index (χ1v) is 5.37. The van der Waals surface area contributed by atoms with Crippen LogP contribution >= 0.6 is 0 Å². The molecule has 1 aromatic heterocycles. The zero-order chi connectivity index (χ0) is 10.7. The molecule has 0 bridgehead atoms. The molecule has 2 rings (SSSR count). The van der Waals surface area contributed by atoms with Gasteiger partial charge in [-0.15, -0.1) is 0 Å². The van der Waals surface area contributed by atoms with Crippen LogP contribution < -0.4 is 10.2 Å². The summed E-state index contributed by atoms with van der Waals surface area (Å²) in [5, 5.41) is 12.7. The van der Waals surface area contributed by atoms with Crippen LogP contribution in [0.3, 0.4) is 0 Å². The first-order chi connectivity index (χ1) is 7.27. The van der Waals surface area contributed by atoms with Crippen molar-refractivity contribution in [3.63, 3.8) is 0 Å². The first kappa shape index (κ1) is 10.4. The number of anilines is 1. The van der Waals surface area contributed by atoms with Crippen molar-refractivity contribution in [1.29, 1.82) is 0 Å². The number of nitrogens with zero attached hydrogens (tertiary/aromatic N) is 2. The van der Waals surface area contributed by atoms with Gasteiger partial charge in [0.1, 0.15) is 0 Å². The van der Waals surface area contributed by atoms with Crippen LogP contribution in [0.2, 0.25) is 0 Å². The molecule has 0 amide bonds. The Bertz CT molecular complexity index is 304. The summed E-state index contributed by atoms with van der Waals surface area (Å²) < 4.78 is 0. The number of hydrogen-bond donors (Lipinski definition) is 2. The standard InChI is InChI=1S/C11H17N3O/c1-9(15)11-3-2-10(8-13-11)14-6-4-12-5-7-14/h2-3,8-9,12,15H,4-7H2,1H3/t9-/m0/s1. The van der Waals surface area contributed by atoms with Crippen LogP contribution in [0.5, 0.6) is 0 Å². The molecule has 0 aliphatic carbocycles. The predicted octanol–water partition coefficient (Wildman–Crippen LogP) is 0.544. The number of hydrogen-bond acceptors (Lipinski definition) is 4. The van der Waals surface area contributed by atoms with Crippen molar-refractivity contribution >= 4 is 5.69 Å². The molecule has 0 aromatic carbocycles. The van der Waals surface area contributed by atoms with Gasteiger partial charge in [0.05, 0.1) is 23.7 Å². The molecule has 4 nitrogen and oxygen atoms in total. The second-order valence-electron chi connectivity index (χ2n) is 3.85. The fourth-order valence-corrected chi connectivity index (χ4v) is 1.75. The normalized spacial score (nSPS) is 18.9. The zero-order valence-electron chi connectivity index (χ0n) is 8.98. The lowest BCUT2D eigenvalue weighted by atomic mass is 10.2. The second-order valence-corrected chi connectivity index (χ2v) is 3.85. The highest BCUT2D eigenvalue weighted by molar-refractivity contribution is 5.45. The third kappa shape index (κ3) is 2.46. The highest BCUT2D eigenvalue weighted by atomic mass is 16.3. The van der Waals surface area contributed by atoms with Gasteiger partial charge in [-0.3, -0.25) is 4.98 Å². The number of pyridine rings is 1. The fourth-order valence-electron chi connectivity index (χ4n) is 1.75. The smallest absolute Gasteiger partial charge is 0.0931 e. The molecule has 0 unspecified atom stereocenters. The summed E-state index contributed by atoms with van der Waals surface area (Å²) in [5.41, 5.74) is 1.87. The average Bonchev–Trinajstić information content (AvgIpc) is 2.30. The molecule has 82 valence electrons. The van der Waals surface area contributed by atoms with Gasteiger partial charge in [0.15, 0.2) is 0 Å². The summed E-state index contributed by atoms with van der Waals surface area (Å²) in [7, 11) is 0. The van der Waals surface area contributed by atoms with E-state index in [-0.39, 0.29) is 0 Å². The van der Waals surface area contributed by atoms with Crippen molar-refractivity contribution in [3.05, 3.63) is 24.0 Å². The molecule has 1 aromatic rings. The molecule has 2 N–H and O–H groups in total. The molecule has 1 fully saturated rings. The number of aliphatic hydroxyl groups excluding tert-OH is 1. The summed E-state index contributed by atoms with van der Waals surface area (Å²) in [4.78, 5) is 6.54. The van der Waals surface area contributed by atoms with E-state index in [1.165, 1.54) is 0 Å². The Morgan fingerprint density at radius 1 is 1.40 bits per heavy atom. The lowest BCUT2D eigenvalue weighted by molar-refractivity contribution is 0.194. The van der Waals surface area contributed by atoms with Crippen LogP contribution in [0, 0.1) is 0 Å². The lowest BCUT2D eigenvalue weighted by Crippen LogP contribution is -2.43. The van der Waals surface area contributed by atoms with Gasteiger partial charge in [0.25, 0.3) is 0 Å². The summed E-state index contributed by atoms with van der Waals surface area (Å²) in [6.07, 6.45) is 1.36. The maximum absolute atomic E-state index is 9.34. The number of rotatable bonds is 2. The third-order valence-electron chi connectivity index (χ3n) is 2.68. The Hall–Kier alpha value is -1.13. The molecule has 4 heteroatoms. The van der Waals surface area contributed by atoms with Gasteiger partial charge < -0.3 is 15.3 Å². The lowest BCUT2D eigenvalue weighted by Gasteiger charge is -2.29. The summed E-state index contributed by atoms with van der Waals surface area (Å²) in [6.45, 7) is 5.83. The molecular formula is C11H17N3O. The molecule has 1 saturated heterocycles. The van der Waals surface area contributed by atoms with Gasteiger partial charge >= 0.3 is 0 Å². The molecule has 0 saturated carbocycles. The van der Waals surface area contributed by atoms with E-state index in [2.05, 4.69) is 15.2 Å². The predicted molar refractivity (Wildman–Crippen MR) is 60.0 cm³/mol. The van der Waals surface area contributed by atoms with E-state index in [1.807, 2.05) is 18.3 Å². The van der Waals surface area contributed by atoms with Gasteiger partial charge in [-0.25, -0.2) is 0 Å². The van der Waals surface area contributed by atoms with Gasteiger partial charge in [0, 0.05) is 26.2 Å². The van der Waals surface area contributed by atoms with Crippen LogP contribution in [0.1, 0.15) is 18.7 Å². The van der Waals surface area contributed by atoms with E-state index in [4.69, 9.17) is 0 Å². The second kappa shape index (κ2) is 4.59. The Kier molecular flexibility index (Phi) is 3.18. The number of nitrogens with one attached hydrogen (secondary N) is 1. The summed E-state index contributed by atoms with van der Waals surface area (Å²) in [5.74, 6) is 0. The molecule has 15 heavy (non-hydrogen) atoms. The van der Waals surface area contributed by atoms with Crippen LogP contribution in [-0.4, -0.2) is 36.3 Å². The molecule has 0 spiro atoms. The van der Waals surface area contributed by atoms with Crippen LogP contribution in [0.25, 0.3) is 0 Å². The van der Waals surface area contributed by atoms with E-state index in [9.17, 15) is 5.11 Å². The topological polar surface area (TPSA) is 48.4 Å². The SMILES string of the molecule is C[C@H](O)c1ccc(N2CCNCC2)cn1. The van der Waals surface area contributed by atoms with Crippen molar-refractivity contribution in [1.82, 2.24) is 10.3 Å². The quantitative estimate of drug-likeness (QED) is 0.743. The highest BCUT2D eigenvalue weighted by Gasteiger charge is 2.11. The third-order valence-corrected chi connectivity index (χ3v) is 2.68. The molecule has 1 aliphatic rings. The van der Waals surface area contributed by atoms with Gasteiger partial charge in [-0.2, -0.15) is 0 Å². The van der Waals surface area contributed by atoms with E-state index < -0.39 is 6.10 Å². The van der Waals surface area contributed by atoms with Crippen molar-refractivity contribution in [2.45, 2.75) is 13.0 Å². The van der Waals surface area contributed by atoms with Gasteiger partial charge in [-0.1, -0.05) is 0 Å². The highest BCUT2D eigenvalue weighted by Crippen LogP contribution is 2.16. The van der Waals surface area contributed by atoms with Crippen LogP contribution in [0.4, 0.5) is 5.69 Å². The maximum Gasteiger partial charge on any atom is 0.0931 e. The molecule has 1 atom stereocenters. The zero-order valence-corrected chi connectivity index (χ0v) is 8.98. The number of aromatic nitrogens is 1. The largest absolute Gasteiger partial charge is 0.387 e. The fraction of sp³-hybridized carbons (Fsp3) is 0.545. The Morgan fingerprint density at radius 3 is 2.67 bits per heavy atom. The monoisotopic (exact) mass is 207 g/mol. The molecule has 0 radical (unpaired) electrons. The Balaban J connectivity index is 2.08. The number of piperazine rings is 1. The first-order valence-electron chi connectivity index (χ1n) is 5.37.